The van der Waals surface area contributed by atoms with Crippen molar-refractivity contribution in [3.63, 3.8) is 0 Å². The lowest BCUT2D eigenvalue weighted by Crippen LogP contribution is -2.15. The number of carbonyl (C=O) groups is 2. The predicted octanol–water partition coefficient (Wildman–Crippen LogP) is 6.04. The number of anilines is 2. The number of carbonyl (C=O) groups excluding carboxylic acids is 2. The van der Waals surface area contributed by atoms with Crippen molar-refractivity contribution in [2.24, 2.45) is 0 Å². The van der Waals surface area contributed by atoms with E-state index in [0.29, 0.717) is 36.4 Å². The van der Waals surface area contributed by atoms with Crippen LogP contribution >= 0.6 is 0 Å². The summed E-state index contributed by atoms with van der Waals surface area (Å²) in [5.41, 5.74) is 3.03. The molecular weight excluding hydrogens is 428 g/mol. The maximum atomic E-state index is 12.6. The Balaban J connectivity index is 1.46. The van der Waals surface area contributed by atoms with Gasteiger partial charge in [0.1, 0.15) is 11.5 Å². The fourth-order valence-corrected chi connectivity index (χ4v) is 3.32. The van der Waals surface area contributed by atoms with Crippen molar-refractivity contribution >= 4 is 23.2 Å². The maximum absolute atomic E-state index is 12.6. The highest BCUT2D eigenvalue weighted by Gasteiger charge is 2.14. The van der Waals surface area contributed by atoms with Crippen LogP contribution in [0.15, 0.2) is 72.8 Å². The summed E-state index contributed by atoms with van der Waals surface area (Å²) in [6.45, 7) is 6.84. The van der Waals surface area contributed by atoms with Gasteiger partial charge in [0.05, 0.1) is 13.7 Å². The molecule has 3 aromatic carbocycles. The molecule has 3 rings (SSSR count). The molecule has 0 bridgehead atoms. The number of benzene rings is 3. The Labute approximate surface area is 201 Å². The summed E-state index contributed by atoms with van der Waals surface area (Å²) in [6, 6.07) is 22.0. The van der Waals surface area contributed by atoms with Crippen molar-refractivity contribution in [2.75, 3.05) is 24.4 Å². The lowest BCUT2D eigenvalue weighted by molar-refractivity contribution is -0.116. The molecule has 178 valence electrons. The summed E-state index contributed by atoms with van der Waals surface area (Å²) in [6.07, 6.45) is 0.908. The van der Waals surface area contributed by atoms with Crippen LogP contribution in [-0.4, -0.2) is 25.5 Å². The summed E-state index contributed by atoms with van der Waals surface area (Å²) in [5.74, 6) is 1.19. The number of nitrogens with one attached hydrogen (secondary N) is 2. The van der Waals surface area contributed by atoms with Gasteiger partial charge in [-0.1, -0.05) is 39.0 Å². The zero-order valence-corrected chi connectivity index (χ0v) is 20.2. The average molecular weight is 461 g/mol. The van der Waals surface area contributed by atoms with E-state index in [4.69, 9.17) is 9.47 Å². The monoisotopic (exact) mass is 460 g/mol. The Morgan fingerprint density at radius 1 is 0.824 bits per heavy atom. The Morgan fingerprint density at radius 2 is 1.44 bits per heavy atom. The van der Waals surface area contributed by atoms with Gasteiger partial charge in [0.2, 0.25) is 5.91 Å². The molecule has 0 atom stereocenters. The van der Waals surface area contributed by atoms with Gasteiger partial charge in [-0.3, -0.25) is 9.59 Å². The number of methoxy groups -OCH3 is 1. The van der Waals surface area contributed by atoms with Crippen LogP contribution in [0.4, 0.5) is 11.4 Å². The average Bonchev–Trinajstić information content (AvgIpc) is 2.82. The van der Waals surface area contributed by atoms with Crippen molar-refractivity contribution in [2.45, 2.75) is 39.0 Å². The zero-order valence-electron chi connectivity index (χ0n) is 20.2. The fourth-order valence-electron chi connectivity index (χ4n) is 3.32. The van der Waals surface area contributed by atoms with Crippen molar-refractivity contribution in [3.05, 3.63) is 83.9 Å². The minimum atomic E-state index is -0.195. The van der Waals surface area contributed by atoms with E-state index in [1.54, 1.807) is 31.4 Å². The summed E-state index contributed by atoms with van der Waals surface area (Å²) >= 11 is 0. The Morgan fingerprint density at radius 3 is 2.06 bits per heavy atom. The second-order valence-electron chi connectivity index (χ2n) is 9.04. The van der Waals surface area contributed by atoms with Gasteiger partial charge in [0, 0.05) is 23.4 Å². The number of amides is 2. The standard InChI is InChI=1S/C28H32N2O4/c1-28(2,3)21-12-10-20(11-13-21)27(32)30-23-8-5-7-22(19-23)29-26(31)9-6-18-34-25-16-14-24(33-4)15-17-25/h5,7-8,10-17,19H,6,9,18H2,1-4H3,(H,29,31)(H,30,32). The van der Waals surface area contributed by atoms with Crippen molar-refractivity contribution < 1.29 is 19.1 Å². The molecule has 0 aliphatic heterocycles. The molecule has 0 aliphatic carbocycles. The third-order valence-corrected chi connectivity index (χ3v) is 5.29. The zero-order chi connectivity index (χ0) is 24.6. The molecule has 0 aromatic heterocycles. The minimum Gasteiger partial charge on any atom is -0.497 e. The van der Waals surface area contributed by atoms with Crippen LogP contribution in [0.5, 0.6) is 11.5 Å². The largest absolute Gasteiger partial charge is 0.497 e. The molecule has 34 heavy (non-hydrogen) atoms. The number of rotatable bonds is 9. The van der Waals surface area contributed by atoms with E-state index in [0.717, 1.165) is 11.5 Å². The molecule has 0 fully saturated rings. The topological polar surface area (TPSA) is 76.7 Å². The number of ether oxygens (including phenoxy) is 2. The van der Waals surface area contributed by atoms with Gasteiger partial charge < -0.3 is 20.1 Å². The van der Waals surface area contributed by atoms with E-state index >= 15 is 0 Å². The van der Waals surface area contributed by atoms with E-state index < -0.39 is 0 Å². The predicted molar refractivity (Wildman–Crippen MR) is 136 cm³/mol. The van der Waals surface area contributed by atoms with Crippen LogP contribution in [0.3, 0.4) is 0 Å². The van der Waals surface area contributed by atoms with Gasteiger partial charge in [0.15, 0.2) is 0 Å². The first-order chi connectivity index (χ1) is 16.2. The maximum Gasteiger partial charge on any atom is 0.255 e. The summed E-state index contributed by atoms with van der Waals surface area (Å²) < 4.78 is 10.8. The lowest BCUT2D eigenvalue weighted by Gasteiger charge is -2.19. The normalized spacial score (nSPS) is 10.9. The first kappa shape index (κ1) is 24.8. The van der Waals surface area contributed by atoms with E-state index in [9.17, 15) is 9.59 Å². The smallest absolute Gasteiger partial charge is 0.255 e. The molecule has 0 unspecified atom stereocenters. The highest BCUT2D eigenvalue weighted by molar-refractivity contribution is 6.04. The van der Waals surface area contributed by atoms with Gasteiger partial charge in [-0.2, -0.15) is 0 Å². The second-order valence-corrected chi connectivity index (χ2v) is 9.04. The van der Waals surface area contributed by atoms with E-state index in [1.165, 1.54) is 5.56 Å². The second kappa shape index (κ2) is 11.4. The third-order valence-electron chi connectivity index (χ3n) is 5.29. The Hall–Kier alpha value is -3.80. The molecule has 6 heteroatoms. The van der Waals surface area contributed by atoms with Crippen molar-refractivity contribution in [1.29, 1.82) is 0 Å². The number of hydrogen-bond acceptors (Lipinski definition) is 4. The SMILES string of the molecule is COc1ccc(OCCCC(=O)Nc2cccc(NC(=O)c3ccc(C(C)(C)C)cc3)c2)cc1. The molecule has 2 amide bonds. The summed E-state index contributed by atoms with van der Waals surface area (Å²) in [4.78, 5) is 24.9. The molecular formula is C28H32N2O4. The molecule has 3 aromatic rings. The van der Waals surface area contributed by atoms with Gasteiger partial charge in [-0.05, 0) is 72.0 Å². The van der Waals surface area contributed by atoms with Gasteiger partial charge >= 0.3 is 0 Å². The van der Waals surface area contributed by atoms with Crippen molar-refractivity contribution in [3.8, 4) is 11.5 Å². The molecule has 0 spiro atoms. The molecule has 0 saturated heterocycles. The third kappa shape index (κ3) is 7.37. The van der Waals surface area contributed by atoms with Crippen molar-refractivity contribution in [1.82, 2.24) is 0 Å². The highest BCUT2D eigenvalue weighted by atomic mass is 16.5. The Kier molecular flexibility index (Phi) is 8.30. The molecule has 6 nitrogen and oxygen atoms in total. The first-order valence-corrected chi connectivity index (χ1v) is 11.3. The molecule has 0 saturated carbocycles. The number of hydrogen-bond donors (Lipinski definition) is 2. The highest BCUT2D eigenvalue weighted by Crippen LogP contribution is 2.23. The van der Waals surface area contributed by atoms with Gasteiger partial charge in [0.25, 0.3) is 5.91 Å². The van der Waals surface area contributed by atoms with Crippen LogP contribution in [0.25, 0.3) is 0 Å². The summed E-state index contributed by atoms with van der Waals surface area (Å²) in [5, 5.41) is 5.76. The lowest BCUT2D eigenvalue weighted by atomic mass is 9.87. The molecule has 0 aliphatic rings. The molecule has 0 heterocycles. The van der Waals surface area contributed by atoms with Crippen LogP contribution in [-0.2, 0) is 10.2 Å². The van der Waals surface area contributed by atoms with Gasteiger partial charge in [-0.25, -0.2) is 0 Å². The van der Waals surface area contributed by atoms with E-state index in [1.807, 2.05) is 48.5 Å². The van der Waals surface area contributed by atoms with Gasteiger partial charge in [-0.15, -0.1) is 0 Å². The van der Waals surface area contributed by atoms with Crippen LogP contribution in [0.1, 0.15) is 49.5 Å². The first-order valence-electron chi connectivity index (χ1n) is 11.3. The molecule has 0 radical (unpaired) electrons. The minimum absolute atomic E-state index is 0.0311. The Bertz CT molecular complexity index is 1100. The van der Waals surface area contributed by atoms with E-state index in [-0.39, 0.29) is 17.2 Å². The molecule has 2 N–H and O–H groups in total. The van der Waals surface area contributed by atoms with E-state index in [2.05, 4.69) is 31.4 Å². The quantitative estimate of drug-likeness (QED) is 0.382. The summed E-state index contributed by atoms with van der Waals surface area (Å²) in [7, 11) is 1.61. The fraction of sp³-hybridized carbons (Fsp3) is 0.286. The van der Waals surface area contributed by atoms with Crippen LogP contribution in [0.2, 0.25) is 0 Å². The van der Waals surface area contributed by atoms with Crippen LogP contribution in [0, 0.1) is 0 Å². The van der Waals surface area contributed by atoms with Crippen LogP contribution < -0.4 is 20.1 Å².